The van der Waals surface area contributed by atoms with Crippen LogP contribution >= 0.6 is 0 Å². The van der Waals surface area contributed by atoms with Gasteiger partial charge in [0.15, 0.2) is 0 Å². The van der Waals surface area contributed by atoms with Crippen molar-refractivity contribution in [3.8, 4) is 0 Å². The maximum Gasteiger partial charge on any atom is 0.299 e. The van der Waals surface area contributed by atoms with Crippen LogP contribution in [0.4, 0.5) is 10.1 Å². The summed E-state index contributed by atoms with van der Waals surface area (Å²) in [5.74, 6) is -1.82. The van der Waals surface area contributed by atoms with Crippen molar-refractivity contribution in [3.05, 3.63) is 29.1 Å². The zero-order valence-electron chi connectivity index (χ0n) is 11.5. The standard InChI is InChI=1S/C15H16FNO3/c1-9-7-11-13(12(16)8-9)17(15(20)14(11)19)6-4-3-5-10(2)18/h7-8H,3-6H2,1-2H3. The van der Waals surface area contributed by atoms with Crippen LogP contribution in [0.5, 0.6) is 0 Å². The van der Waals surface area contributed by atoms with Crippen molar-refractivity contribution in [2.75, 3.05) is 11.4 Å². The smallest absolute Gasteiger partial charge is 0.299 e. The summed E-state index contributed by atoms with van der Waals surface area (Å²) in [5.41, 5.74) is 0.827. The van der Waals surface area contributed by atoms with E-state index in [1.54, 1.807) is 6.92 Å². The average molecular weight is 277 g/mol. The first-order valence-corrected chi connectivity index (χ1v) is 6.57. The molecule has 1 aliphatic rings. The zero-order chi connectivity index (χ0) is 14.9. The minimum Gasteiger partial charge on any atom is -0.302 e. The third-order valence-corrected chi connectivity index (χ3v) is 3.32. The van der Waals surface area contributed by atoms with Gasteiger partial charge >= 0.3 is 0 Å². The molecule has 5 heteroatoms. The number of hydrogen-bond acceptors (Lipinski definition) is 3. The van der Waals surface area contributed by atoms with Gasteiger partial charge < -0.3 is 9.69 Å². The van der Waals surface area contributed by atoms with Crippen LogP contribution in [0.25, 0.3) is 0 Å². The number of amides is 1. The Balaban J connectivity index is 2.18. The Kier molecular flexibility index (Phi) is 3.97. The van der Waals surface area contributed by atoms with Crippen molar-refractivity contribution in [2.45, 2.75) is 33.1 Å². The number of Topliss-reactive ketones (excluding diaryl/α,β-unsaturated/α-hetero) is 2. The number of hydrogen-bond donors (Lipinski definition) is 0. The molecular formula is C15H16FNO3. The molecule has 1 heterocycles. The van der Waals surface area contributed by atoms with E-state index >= 15 is 0 Å². The summed E-state index contributed by atoms with van der Waals surface area (Å²) >= 11 is 0. The van der Waals surface area contributed by atoms with Crippen molar-refractivity contribution in [3.63, 3.8) is 0 Å². The highest BCUT2D eigenvalue weighted by Gasteiger charge is 2.37. The van der Waals surface area contributed by atoms with Gasteiger partial charge in [-0.1, -0.05) is 0 Å². The van der Waals surface area contributed by atoms with Crippen LogP contribution < -0.4 is 4.90 Å². The highest BCUT2D eigenvalue weighted by atomic mass is 19.1. The summed E-state index contributed by atoms with van der Waals surface area (Å²) in [5, 5.41) is 0. The van der Waals surface area contributed by atoms with Gasteiger partial charge in [0, 0.05) is 13.0 Å². The van der Waals surface area contributed by atoms with Gasteiger partial charge in [-0.25, -0.2) is 4.39 Å². The number of fused-ring (bicyclic) bond motifs is 1. The van der Waals surface area contributed by atoms with E-state index in [9.17, 15) is 18.8 Å². The van der Waals surface area contributed by atoms with Crippen molar-refractivity contribution >= 4 is 23.2 Å². The molecule has 0 N–H and O–H groups in total. The third kappa shape index (κ3) is 2.61. The summed E-state index contributed by atoms with van der Waals surface area (Å²) in [6.07, 6.45) is 1.61. The minimum absolute atomic E-state index is 0.0772. The summed E-state index contributed by atoms with van der Waals surface area (Å²) in [7, 11) is 0. The molecule has 1 aromatic rings. The first-order chi connectivity index (χ1) is 9.41. The molecule has 0 saturated carbocycles. The molecule has 0 spiro atoms. The molecular weight excluding hydrogens is 261 g/mol. The highest BCUT2D eigenvalue weighted by Crippen LogP contribution is 2.33. The van der Waals surface area contributed by atoms with Crippen LogP contribution in [-0.2, 0) is 9.59 Å². The van der Waals surface area contributed by atoms with Crippen LogP contribution in [0.15, 0.2) is 12.1 Å². The topological polar surface area (TPSA) is 54.5 Å². The Labute approximate surface area is 116 Å². The quantitative estimate of drug-likeness (QED) is 0.613. The number of halogens is 1. The Bertz CT molecular complexity index is 595. The van der Waals surface area contributed by atoms with E-state index in [4.69, 9.17) is 0 Å². The van der Waals surface area contributed by atoms with Gasteiger partial charge in [0.25, 0.3) is 11.7 Å². The third-order valence-electron chi connectivity index (χ3n) is 3.32. The molecule has 1 aliphatic heterocycles. The number of aryl methyl sites for hydroxylation is 1. The van der Waals surface area contributed by atoms with E-state index in [0.717, 1.165) is 0 Å². The van der Waals surface area contributed by atoms with Crippen molar-refractivity contribution in [1.29, 1.82) is 0 Å². The van der Waals surface area contributed by atoms with Crippen molar-refractivity contribution in [1.82, 2.24) is 0 Å². The molecule has 1 aromatic carbocycles. The van der Waals surface area contributed by atoms with Gasteiger partial charge in [-0.2, -0.15) is 0 Å². The van der Waals surface area contributed by atoms with E-state index in [-0.39, 0.29) is 23.6 Å². The first kappa shape index (κ1) is 14.4. The Morgan fingerprint density at radius 2 is 1.95 bits per heavy atom. The lowest BCUT2D eigenvalue weighted by molar-refractivity contribution is -0.117. The SMILES string of the molecule is CC(=O)CCCCN1C(=O)C(=O)c2cc(C)cc(F)c21. The lowest BCUT2D eigenvalue weighted by Gasteiger charge is -2.17. The number of rotatable bonds is 5. The molecule has 0 aromatic heterocycles. The van der Waals surface area contributed by atoms with Crippen molar-refractivity contribution < 1.29 is 18.8 Å². The Morgan fingerprint density at radius 1 is 1.25 bits per heavy atom. The molecule has 0 fully saturated rings. The fourth-order valence-corrected chi connectivity index (χ4v) is 2.38. The average Bonchev–Trinajstić information content (AvgIpc) is 2.59. The van der Waals surface area contributed by atoms with Gasteiger partial charge in [0.1, 0.15) is 11.6 Å². The summed E-state index contributed by atoms with van der Waals surface area (Å²) in [6, 6.07) is 2.85. The molecule has 0 saturated heterocycles. The Morgan fingerprint density at radius 3 is 2.60 bits per heavy atom. The molecule has 106 valence electrons. The van der Waals surface area contributed by atoms with Gasteiger partial charge in [-0.05, 0) is 44.4 Å². The maximum atomic E-state index is 14.0. The van der Waals surface area contributed by atoms with Crippen molar-refractivity contribution in [2.24, 2.45) is 0 Å². The number of carbonyl (C=O) groups excluding carboxylic acids is 3. The van der Waals surface area contributed by atoms with Crippen LogP contribution in [0, 0.1) is 12.7 Å². The molecule has 0 radical (unpaired) electrons. The number of unbranched alkanes of at least 4 members (excludes halogenated alkanes) is 1. The predicted molar refractivity (Wildman–Crippen MR) is 72.4 cm³/mol. The minimum atomic E-state index is -0.688. The number of anilines is 1. The summed E-state index contributed by atoms with van der Waals surface area (Å²) in [6.45, 7) is 3.43. The van der Waals surface area contributed by atoms with E-state index in [1.807, 2.05) is 0 Å². The van der Waals surface area contributed by atoms with E-state index in [0.29, 0.717) is 24.8 Å². The number of carbonyl (C=O) groups is 3. The molecule has 20 heavy (non-hydrogen) atoms. The second-order valence-electron chi connectivity index (χ2n) is 5.09. The molecule has 1 amide bonds. The second kappa shape index (κ2) is 5.53. The monoisotopic (exact) mass is 277 g/mol. The number of nitrogens with zero attached hydrogens (tertiary/aromatic N) is 1. The van der Waals surface area contributed by atoms with Crippen LogP contribution in [0.2, 0.25) is 0 Å². The Hall–Kier alpha value is -2.04. The van der Waals surface area contributed by atoms with E-state index < -0.39 is 17.5 Å². The van der Waals surface area contributed by atoms with Gasteiger partial charge in [-0.3, -0.25) is 9.59 Å². The molecule has 2 rings (SSSR count). The lowest BCUT2D eigenvalue weighted by atomic mass is 10.1. The molecule has 0 atom stereocenters. The van der Waals surface area contributed by atoms with Crippen LogP contribution in [-0.4, -0.2) is 24.0 Å². The number of benzene rings is 1. The largest absolute Gasteiger partial charge is 0.302 e. The normalized spacial score (nSPS) is 13.8. The second-order valence-corrected chi connectivity index (χ2v) is 5.09. The van der Waals surface area contributed by atoms with Gasteiger partial charge in [-0.15, -0.1) is 0 Å². The molecule has 0 bridgehead atoms. The predicted octanol–water partition coefficient (Wildman–Crippen LogP) is 2.42. The molecule has 4 nitrogen and oxygen atoms in total. The first-order valence-electron chi connectivity index (χ1n) is 6.57. The summed E-state index contributed by atoms with van der Waals surface area (Å²) in [4.78, 5) is 35.8. The van der Waals surface area contributed by atoms with Crippen LogP contribution in [0.1, 0.15) is 42.1 Å². The summed E-state index contributed by atoms with van der Waals surface area (Å²) < 4.78 is 14.0. The number of ketones is 2. The molecule has 0 unspecified atom stereocenters. The van der Waals surface area contributed by atoms with Crippen LogP contribution in [0.3, 0.4) is 0 Å². The van der Waals surface area contributed by atoms with Gasteiger partial charge in [0.2, 0.25) is 0 Å². The van der Waals surface area contributed by atoms with E-state index in [1.165, 1.54) is 24.0 Å². The highest BCUT2D eigenvalue weighted by molar-refractivity contribution is 6.52. The lowest BCUT2D eigenvalue weighted by Crippen LogP contribution is -2.31. The fraction of sp³-hybridized carbons (Fsp3) is 0.400. The van der Waals surface area contributed by atoms with E-state index in [2.05, 4.69) is 0 Å². The molecule has 0 aliphatic carbocycles. The maximum absolute atomic E-state index is 14.0. The zero-order valence-corrected chi connectivity index (χ0v) is 11.5. The fourth-order valence-electron chi connectivity index (χ4n) is 2.38. The van der Waals surface area contributed by atoms with Gasteiger partial charge in [0.05, 0.1) is 11.3 Å².